The highest BCUT2D eigenvalue weighted by atomic mass is 15.3. The van der Waals surface area contributed by atoms with E-state index in [1.54, 1.807) is 0 Å². The van der Waals surface area contributed by atoms with Gasteiger partial charge >= 0.3 is 0 Å². The fourth-order valence-electron chi connectivity index (χ4n) is 15.0. The molecular weight excluding hydrogens is 761 g/mol. The lowest BCUT2D eigenvalue weighted by molar-refractivity contribution is 0.215. The van der Waals surface area contributed by atoms with Crippen molar-refractivity contribution in [3.8, 4) is 5.69 Å². The number of anilines is 4. The summed E-state index contributed by atoms with van der Waals surface area (Å²) in [6.07, 6.45) is 6.94. The van der Waals surface area contributed by atoms with Gasteiger partial charge in [-0.15, -0.1) is 0 Å². The number of para-hydroxylation sites is 3. The van der Waals surface area contributed by atoms with Crippen molar-refractivity contribution >= 4 is 67.7 Å². The van der Waals surface area contributed by atoms with Crippen LogP contribution in [0.3, 0.4) is 0 Å². The topological polar surface area (TPSA) is 11.4 Å². The predicted octanol–water partition coefficient (Wildman–Crippen LogP) is 12.3. The number of nitrogens with zero attached hydrogens (tertiary/aromatic N) is 3. The zero-order valence-electron chi connectivity index (χ0n) is 37.5. The fraction of sp³-hybridized carbons (Fsp3) is 0.288. The zero-order valence-corrected chi connectivity index (χ0v) is 37.5. The number of benzene rings is 7. The van der Waals surface area contributed by atoms with E-state index in [1.807, 2.05) is 0 Å². The molecule has 0 spiro atoms. The maximum absolute atomic E-state index is 2.93. The van der Waals surface area contributed by atoms with Gasteiger partial charge in [-0.25, -0.2) is 0 Å². The van der Waals surface area contributed by atoms with Gasteiger partial charge in [-0.05, 0) is 119 Å². The Morgan fingerprint density at radius 3 is 2.14 bits per heavy atom. The number of aromatic nitrogens is 1. The molecule has 0 N–H and O–H groups in total. The van der Waals surface area contributed by atoms with E-state index in [0.29, 0.717) is 0 Å². The summed E-state index contributed by atoms with van der Waals surface area (Å²) in [7, 11) is 0. The molecule has 63 heavy (non-hydrogen) atoms. The van der Waals surface area contributed by atoms with Gasteiger partial charge in [0.2, 0.25) is 0 Å². The van der Waals surface area contributed by atoms with Crippen LogP contribution in [0.1, 0.15) is 107 Å². The monoisotopic (exact) mass is 815 g/mol. The minimum absolute atomic E-state index is 0.0442. The summed E-state index contributed by atoms with van der Waals surface area (Å²) in [5, 5.41) is 2.67. The van der Waals surface area contributed by atoms with Gasteiger partial charge in [0.25, 0.3) is 6.71 Å². The van der Waals surface area contributed by atoms with Crippen molar-refractivity contribution in [2.24, 2.45) is 0 Å². The molecule has 0 bridgehead atoms. The van der Waals surface area contributed by atoms with Crippen LogP contribution in [0.15, 0.2) is 146 Å². The number of hydrogen-bond acceptors (Lipinski definition) is 2. The summed E-state index contributed by atoms with van der Waals surface area (Å²) in [4.78, 5) is 5.75. The van der Waals surface area contributed by atoms with E-state index in [1.165, 1.54) is 113 Å². The van der Waals surface area contributed by atoms with Crippen LogP contribution in [0.5, 0.6) is 0 Å². The van der Waals surface area contributed by atoms with Gasteiger partial charge in [0.05, 0.1) is 16.6 Å². The van der Waals surface area contributed by atoms with Crippen molar-refractivity contribution in [3.63, 3.8) is 0 Å². The average Bonchev–Trinajstić information content (AvgIpc) is 3.85. The standard InChI is InChI=1S/C59H54BN3/c1-55(2,3)39-28-29-49-45(34-39)56(4)33-30-37-18-10-12-23-43(37)58(56,6)62(49)40-35-50-52-51(36-40)63-54-44(59(38-19-8-7-9-20-38)32-15-14-31-57(59,63)5)24-17-26-47(54)60(52)46-25-16-22-42-41-21-11-13-27-48(41)61(50)53(42)46/h7-13,16-29,34-36H,14-15,30-33H2,1-6H3. The minimum atomic E-state index is -0.326. The molecule has 1 aromatic heterocycles. The molecular formula is C59H54BN3. The highest BCUT2D eigenvalue weighted by Gasteiger charge is 2.65. The number of fused-ring (bicyclic) bond motifs is 15. The van der Waals surface area contributed by atoms with Crippen LogP contribution in [0.2, 0.25) is 0 Å². The second-order valence-electron chi connectivity index (χ2n) is 21.6. The fourth-order valence-corrected chi connectivity index (χ4v) is 15.0. The molecule has 1 saturated carbocycles. The Kier molecular flexibility index (Phi) is 6.81. The molecule has 4 aliphatic heterocycles. The van der Waals surface area contributed by atoms with E-state index < -0.39 is 0 Å². The lowest BCUT2D eigenvalue weighted by Crippen LogP contribution is -2.64. The van der Waals surface area contributed by atoms with E-state index in [0.717, 1.165) is 25.7 Å². The van der Waals surface area contributed by atoms with Gasteiger partial charge < -0.3 is 14.4 Å². The van der Waals surface area contributed by atoms with Crippen LogP contribution in [-0.2, 0) is 28.2 Å². The summed E-state index contributed by atoms with van der Waals surface area (Å²) in [6, 6.07) is 57.6. The maximum atomic E-state index is 2.93. The summed E-state index contributed by atoms with van der Waals surface area (Å²) < 4.78 is 2.67. The molecule has 308 valence electrons. The molecule has 4 heteroatoms. The Balaban J connectivity index is 1.14. The summed E-state index contributed by atoms with van der Waals surface area (Å²) >= 11 is 0. The first-order chi connectivity index (χ1) is 30.5. The summed E-state index contributed by atoms with van der Waals surface area (Å²) in [5.41, 5.74) is 22.0. The molecule has 0 saturated heterocycles. The van der Waals surface area contributed by atoms with E-state index in [-0.39, 0.29) is 34.0 Å². The summed E-state index contributed by atoms with van der Waals surface area (Å²) in [6.45, 7) is 15.0. The van der Waals surface area contributed by atoms with Crippen LogP contribution in [0.4, 0.5) is 22.7 Å². The Morgan fingerprint density at radius 2 is 1.29 bits per heavy atom. The van der Waals surface area contributed by atoms with E-state index in [4.69, 9.17) is 0 Å². The molecule has 0 radical (unpaired) electrons. The smallest absolute Gasteiger partial charge is 0.252 e. The molecule has 4 atom stereocenters. The third kappa shape index (κ3) is 4.08. The lowest BCUT2D eigenvalue weighted by Gasteiger charge is -2.54. The molecule has 5 heterocycles. The molecule has 1 fully saturated rings. The summed E-state index contributed by atoms with van der Waals surface area (Å²) in [5.74, 6) is 0. The predicted molar refractivity (Wildman–Crippen MR) is 265 cm³/mol. The van der Waals surface area contributed by atoms with Crippen molar-refractivity contribution in [3.05, 3.63) is 179 Å². The molecule has 2 aliphatic carbocycles. The SMILES string of the molecule is CC(C)(C)c1ccc2c(c1)C1(C)CCc3ccccc3C1(C)N2c1cc2c3c(c1)-n1c4ccccc4c4cccc(c41)B3c1cccc3c1N2C1(C)CCCCC31c1ccccc1. The minimum Gasteiger partial charge on any atom is -0.335 e. The number of hydrogen-bond donors (Lipinski definition) is 0. The lowest BCUT2D eigenvalue weighted by atomic mass is 9.33. The Morgan fingerprint density at radius 1 is 0.571 bits per heavy atom. The van der Waals surface area contributed by atoms with Crippen LogP contribution in [0, 0.1) is 0 Å². The second-order valence-corrected chi connectivity index (χ2v) is 21.6. The number of rotatable bonds is 2. The highest BCUT2D eigenvalue weighted by Crippen LogP contribution is 2.67. The van der Waals surface area contributed by atoms with Crippen molar-refractivity contribution in [2.45, 2.75) is 107 Å². The highest BCUT2D eigenvalue weighted by molar-refractivity contribution is 7.00. The van der Waals surface area contributed by atoms with Crippen LogP contribution < -0.4 is 26.2 Å². The Bertz CT molecular complexity index is 3320. The third-order valence-corrected chi connectivity index (χ3v) is 18.0. The number of aryl methyl sites for hydroxylation is 1. The van der Waals surface area contributed by atoms with Crippen molar-refractivity contribution in [2.75, 3.05) is 9.80 Å². The van der Waals surface area contributed by atoms with E-state index >= 15 is 0 Å². The van der Waals surface area contributed by atoms with Gasteiger partial charge in [-0.3, -0.25) is 0 Å². The van der Waals surface area contributed by atoms with Gasteiger partial charge in [-0.1, -0.05) is 162 Å². The zero-order chi connectivity index (χ0) is 42.4. The molecule has 3 nitrogen and oxygen atoms in total. The van der Waals surface area contributed by atoms with Gasteiger partial charge in [-0.2, -0.15) is 0 Å². The van der Waals surface area contributed by atoms with Crippen molar-refractivity contribution in [1.82, 2.24) is 4.57 Å². The molecule has 6 aliphatic rings. The average molecular weight is 816 g/mol. The van der Waals surface area contributed by atoms with Crippen LogP contribution in [-0.4, -0.2) is 16.8 Å². The Labute approximate surface area is 372 Å². The first-order valence-corrected chi connectivity index (χ1v) is 23.7. The van der Waals surface area contributed by atoms with Crippen molar-refractivity contribution < 1.29 is 0 Å². The molecule has 8 aromatic rings. The first-order valence-electron chi connectivity index (χ1n) is 23.7. The van der Waals surface area contributed by atoms with E-state index in [2.05, 4.69) is 202 Å². The van der Waals surface area contributed by atoms with Crippen LogP contribution >= 0.6 is 0 Å². The maximum Gasteiger partial charge on any atom is 0.252 e. The Hall–Kier alpha value is -6.00. The molecule has 14 rings (SSSR count). The normalized spacial score (nSPS) is 25.7. The van der Waals surface area contributed by atoms with Crippen LogP contribution in [0.25, 0.3) is 27.5 Å². The second kappa shape index (κ2) is 11.8. The molecule has 7 aromatic carbocycles. The van der Waals surface area contributed by atoms with Gasteiger partial charge in [0.15, 0.2) is 0 Å². The van der Waals surface area contributed by atoms with Gasteiger partial charge in [0, 0.05) is 55.6 Å². The third-order valence-electron chi connectivity index (χ3n) is 18.0. The van der Waals surface area contributed by atoms with E-state index in [9.17, 15) is 0 Å². The quantitative estimate of drug-likeness (QED) is 0.161. The molecule has 0 amide bonds. The largest absolute Gasteiger partial charge is 0.335 e. The molecule has 4 unspecified atom stereocenters. The van der Waals surface area contributed by atoms with Gasteiger partial charge in [0.1, 0.15) is 0 Å². The first kappa shape index (κ1) is 36.5. The van der Waals surface area contributed by atoms with Crippen molar-refractivity contribution in [1.29, 1.82) is 0 Å².